The van der Waals surface area contributed by atoms with Gasteiger partial charge in [-0.05, 0) is 30.2 Å². The average Bonchev–Trinajstić information content (AvgIpc) is 2.70. The van der Waals surface area contributed by atoms with Gasteiger partial charge in [-0.15, -0.1) is 0 Å². The second-order valence-electron chi connectivity index (χ2n) is 6.49. The SMILES string of the molecule is C[C@@H](NC(=O)Cn1ccn(Cc2ccc(Cl)cc2)c(=O)c1=O)c1ccccc1. The summed E-state index contributed by atoms with van der Waals surface area (Å²) in [5.74, 6) is -0.340. The highest BCUT2D eigenvalue weighted by Crippen LogP contribution is 2.11. The van der Waals surface area contributed by atoms with Crippen molar-refractivity contribution in [2.24, 2.45) is 0 Å². The molecule has 6 nitrogen and oxygen atoms in total. The third-order valence-electron chi connectivity index (χ3n) is 4.39. The van der Waals surface area contributed by atoms with E-state index in [2.05, 4.69) is 5.32 Å². The molecule has 1 aromatic heterocycles. The molecule has 0 aliphatic heterocycles. The van der Waals surface area contributed by atoms with Crippen molar-refractivity contribution in [2.75, 3.05) is 0 Å². The van der Waals surface area contributed by atoms with Crippen LogP contribution in [0.4, 0.5) is 0 Å². The number of carbonyl (C=O) groups is 1. The minimum absolute atomic E-state index is 0.199. The van der Waals surface area contributed by atoms with Gasteiger partial charge in [0.25, 0.3) is 0 Å². The monoisotopic (exact) mass is 397 g/mol. The van der Waals surface area contributed by atoms with Gasteiger partial charge in [-0.3, -0.25) is 19.0 Å². The first-order chi connectivity index (χ1) is 13.4. The molecule has 0 spiro atoms. The molecule has 3 rings (SSSR count). The van der Waals surface area contributed by atoms with E-state index in [9.17, 15) is 14.4 Å². The zero-order valence-corrected chi connectivity index (χ0v) is 16.1. The van der Waals surface area contributed by atoms with Gasteiger partial charge in [0.2, 0.25) is 5.91 Å². The standard InChI is InChI=1S/C21H20ClN3O3/c1-15(17-5-3-2-4-6-17)23-19(26)14-25-12-11-24(20(27)21(25)28)13-16-7-9-18(22)10-8-16/h2-12,15H,13-14H2,1H3,(H,23,26)/t15-/m1/s1. The van der Waals surface area contributed by atoms with E-state index in [0.717, 1.165) is 15.7 Å². The van der Waals surface area contributed by atoms with E-state index in [-0.39, 0.29) is 25.0 Å². The molecule has 0 aliphatic rings. The van der Waals surface area contributed by atoms with Crippen LogP contribution in [0.25, 0.3) is 0 Å². The highest BCUT2D eigenvalue weighted by Gasteiger charge is 2.12. The van der Waals surface area contributed by atoms with Gasteiger partial charge in [-0.2, -0.15) is 0 Å². The molecule has 1 heterocycles. The smallest absolute Gasteiger partial charge is 0.316 e. The normalized spacial score (nSPS) is 11.8. The van der Waals surface area contributed by atoms with Crippen LogP contribution < -0.4 is 16.4 Å². The largest absolute Gasteiger partial charge is 0.348 e. The lowest BCUT2D eigenvalue weighted by Gasteiger charge is -2.15. The number of aromatic nitrogens is 2. The van der Waals surface area contributed by atoms with Crippen LogP contribution in [-0.4, -0.2) is 15.0 Å². The Morgan fingerprint density at radius 1 is 0.964 bits per heavy atom. The predicted molar refractivity (Wildman–Crippen MR) is 109 cm³/mol. The summed E-state index contributed by atoms with van der Waals surface area (Å²) in [5, 5.41) is 3.43. The van der Waals surface area contributed by atoms with E-state index >= 15 is 0 Å². The molecule has 28 heavy (non-hydrogen) atoms. The van der Waals surface area contributed by atoms with Gasteiger partial charge in [-0.1, -0.05) is 54.1 Å². The van der Waals surface area contributed by atoms with E-state index in [1.54, 1.807) is 24.3 Å². The lowest BCUT2D eigenvalue weighted by atomic mass is 10.1. The highest BCUT2D eigenvalue weighted by atomic mass is 35.5. The number of halogens is 1. The summed E-state index contributed by atoms with van der Waals surface area (Å²) in [4.78, 5) is 37.0. The van der Waals surface area contributed by atoms with Crippen molar-refractivity contribution in [3.63, 3.8) is 0 Å². The maximum atomic E-state index is 12.4. The molecular formula is C21H20ClN3O3. The zero-order chi connectivity index (χ0) is 20.1. The second kappa shape index (κ2) is 8.71. The van der Waals surface area contributed by atoms with Crippen LogP contribution >= 0.6 is 11.6 Å². The number of nitrogens with zero attached hydrogens (tertiary/aromatic N) is 2. The molecule has 0 bridgehead atoms. The van der Waals surface area contributed by atoms with E-state index in [4.69, 9.17) is 11.6 Å². The lowest BCUT2D eigenvalue weighted by Crippen LogP contribution is -2.43. The van der Waals surface area contributed by atoms with Gasteiger partial charge >= 0.3 is 11.1 Å². The molecule has 2 aromatic carbocycles. The van der Waals surface area contributed by atoms with Gasteiger partial charge in [0.15, 0.2) is 0 Å². The molecule has 0 aliphatic carbocycles. The Labute approximate surface area is 167 Å². The molecule has 7 heteroatoms. The van der Waals surface area contributed by atoms with Crippen molar-refractivity contribution >= 4 is 17.5 Å². The van der Waals surface area contributed by atoms with Crippen molar-refractivity contribution in [3.05, 3.63) is 104 Å². The molecule has 0 radical (unpaired) electrons. The second-order valence-corrected chi connectivity index (χ2v) is 6.93. The molecule has 0 saturated heterocycles. The summed E-state index contributed by atoms with van der Waals surface area (Å²) >= 11 is 5.86. The van der Waals surface area contributed by atoms with E-state index in [1.165, 1.54) is 17.0 Å². The maximum absolute atomic E-state index is 12.4. The number of amides is 1. The third kappa shape index (κ3) is 4.78. The Bertz CT molecular complexity index is 1070. The van der Waals surface area contributed by atoms with Crippen LogP contribution in [0.2, 0.25) is 5.02 Å². The molecule has 3 aromatic rings. The van der Waals surface area contributed by atoms with Crippen molar-refractivity contribution in [1.29, 1.82) is 0 Å². The average molecular weight is 398 g/mol. The molecule has 1 atom stereocenters. The highest BCUT2D eigenvalue weighted by molar-refractivity contribution is 6.30. The molecule has 0 fully saturated rings. The quantitative estimate of drug-likeness (QED) is 0.650. The zero-order valence-electron chi connectivity index (χ0n) is 15.3. The van der Waals surface area contributed by atoms with Crippen LogP contribution in [0.15, 0.2) is 76.6 Å². The molecular weight excluding hydrogens is 378 g/mol. The summed E-state index contributed by atoms with van der Waals surface area (Å²) in [6, 6.07) is 16.3. The van der Waals surface area contributed by atoms with Crippen LogP contribution in [0.3, 0.4) is 0 Å². The Kier molecular flexibility index (Phi) is 6.11. The fourth-order valence-electron chi connectivity index (χ4n) is 2.84. The molecule has 0 unspecified atom stereocenters. The summed E-state index contributed by atoms with van der Waals surface area (Å²) in [5.41, 5.74) is 0.389. The molecule has 1 amide bonds. The Hall–Kier alpha value is -3.12. The molecule has 1 N–H and O–H groups in total. The summed E-state index contributed by atoms with van der Waals surface area (Å²) in [6.45, 7) is 1.90. The number of hydrogen-bond donors (Lipinski definition) is 1. The molecule has 144 valence electrons. The van der Waals surface area contributed by atoms with Crippen molar-refractivity contribution in [1.82, 2.24) is 14.5 Å². The third-order valence-corrected chi connectivity index (χ3v) is 4.64. The fraction of sp³-hybridized carbons (Fsp3) is 0.190. The number of benzene rings is 2. The summed E-state index contributed by atoms with van der Waals surface area (Å²) in [6.07, 6.45) is 2.96. The van der Waals surface area contributed by atoms with Gasteiger partial charge in [-0.25, -0.2) is 0 Å². The fourth-order valence-corrected chi connectivity index (χ4v) is 2.97. The van der Waals surface area contributed by atoms with Crippen molar-refractivity contribution in [3.8, 4) is 0 Å². The Balaban J connectivity index is 1.70. The first-order valence-electron chi connectivity index (χ1n) is 8.82. The van der Waals surface area contributed by atoms with E-state index < -0.39 is 11.1 Å². The number of nitrogens with one attached hydrogen (secondary N) is 1. The number of hydrogen-bond acceptors (Lipinski definition) is 3. The van der Waals surface area contributed by atoms with Gasteiger partial charge in [0.1, 0.15) is 6.54 Å². The lowest BCUT2D eigenvalue weighted by molar-refractivity contribution is -0.122. The van der Waals surface area contributed by atoms with Gasteiger partial charge in [0, 0.05) is 17.4 Å². The first-order valence-corrected chi connectivity index (χ1v) is 9.20. The maximum Gasteiger partial charge on any atom is 0.316 e. The van der Waals surface area contributed by atoms with Crippen molar-refractivity contribution < 1.29 is 4.79 Å². The minimum Gasteiger partial charge on any atom is -0.348 e. The topological polar surface area (TPSA) is 73.1 Å². The Morgan fingerprint density at radius 3 is 2.25 bits per heavy atom. The predicted octanol–water partition coefficient (Wildman–Crippen LogP) is 2.59. The minimum atomic E-state index is -0.737. The Morgan fingerprint density at radius 2 is 1.57 bits per heavy atom. The van der Waals surface area contributed by atoms with Crippen LogP contribution in [0, 0.1) is 0 Å². The van der Waals surface area contributed by atoms with Crippen molar-refractivity contribution in [2.45, 2.75) is 26.1 Å². The van der Waals surface area contributed by atoms with Crippen LogP contribution in [0.5, 0.6) is 0 Å². The first kappa shape index (κ1) is 19.6. The van der Waals surface area contributed by atoms with Gasteiger partial charge < -0.3 is 9.88 Å². The van der Waals surface area contributed by atoms with E-state index in [0.29, 0.717) is 5.02 Å². The van der Waals surface area contributed by atoms with E-state index in [1.807, 2.05) is 37.3 Å². The summed E-state index contributed by atoms with van der Waals surface area (Å²) < 4.78 is 2.43. The van der Waals surface area contributed by atoms with Crippen LogP contribution in [-0.2, 0) is 17.9 Å². The summed E-state index contributed by atoms with van der Waals surface area (Å²) in [7, 11) is 0. The number of carbonyl (C=O) groups excluding carboxylic acids is 1. The molecule has 0 saturated carbocycles. The van der Waals surface area contributed by atoms with Crippen LogP contribution in [0.1, 0.15) is 24.1 Å². The number of rotatable bonds is 6. The van der Waals surface area contributed by atoms with Gasteiger partial charge in [0.05, 0.1) is 12.6 Å².